The fraction of sp³-hybridized carbons (Fsp3) is 1.00. The number of unbranched alkanes of at least 4 members (excludes halogenated alkanes) is 2. The largest absolute Gasteiger partial charge is 0.394 e. The Balaban J connectivity index is 3.24. The lowest BCUT2D eigenvalue weighted by molar-refractivity contribution is 0.0920. The molecule has 0 aromatic carbocycles. The van der Waals surface area contributed by atoms with Gasteiger partial charge in [-0.1, -0.05) is 26.2 Å². The molecule has 0 aliphatic rings. The molecule has 0 radical (unpaired) electrons. The second-order valence-corrected chi connectivity index (χ2v) is 3.64. The van der Waals surface area contributed by atoms with Crippen LogP contribution in [0.2, 0.25) is 0 Å². The van der Waals surface area contributed by atoms with E-state index in [1.807, 2.05) is 0 Å². The van der Waals surface area contributed by atoms with E-state index in [0.29, 0.717) is 12.6 Å². The van der Waals surface area contributed by atoms with Crippen molar-refractivity contribution in [3.8, 4) is 0 Å². The second-order valence-electron chi connectivity index (χ2n) is 3.64. The molecule has 2 atom stereocenters. The van der Waals surface area contributed by atoms with Crippen molar-refractivity contribution in [2.24, 2.45) is 0 Å². The lowest BCUT2D eigenvalue weighted by atomic mass is 10.1. The Kier molecular flexibility index (Phi) is 8.40. The molecule has 0 rings (SSSR count). The van der Waals surface area contributed by atoms with Crippen LogP contribution in [-0.2, 0) is 0 Å². The summed E-state index contributed by atoms with van der Waals surface area (Å²) in [5.41, 5.74) is 0. The lowest BCUT2D eigenvalue weighted by Crippen LogP contribution is -2.35. The summed E-state index contributed by atoms with van der Waals surface area (Å²) in [6, 6.07) is 0.438. The van der Waals surface area contributed by atoms with E-state index in [1.54, 1.807) is 0 Å². The smallest absolute Gasteiger partial charge is 0.0895 e. The van der Waals surface area contributed by atoms with Crippen molar-refractivity contribution in [3.63, 3.8) is 0 Å². The van der Waals surface area contributed by atoms with Gasteiger partial charge < -0.3 is 15.5 Å². The molecule has 80 valence electrons. The number of nitrogens with one attached hydrogen (secondary N) is 1. The molecule has 0 amide bonds. The first-order valence-corrected chi connectivity index (χ1v) is 5.23. The molecule has 0 bridgehead atoms. The minimum atomic E-state index is -0.617. The zero-order valence-corrected chi connectivity index (χ0v) is 8.79. The zero-order valence-electron chi connectivity index (χ0n) is 8.79. The van der Waals surface area contributed by atoms with Crippen molar-refractivity contribution in [1.29, 1.82) is 0 Å². The van der Waals surface area contributed by atoms with Crippen molar-refractivity contribution in [1.82, 2.24) is 5.32 Å². The molecule has 0 aliphatic carbocycles. The summed E-state index contributed by atoms with van der Waals surface area (Å²) in [7, 11) is 0. The van der Waals surface area contributed by atoms with Gasteiger partial charge in [-0.3, -0.25) is 0 Å². The van der Waals surface area contributed by atoms with E-state index in [4.69, 9.17) is 10.2 Å². The molecule has 13 heavy (non-hydrogen) atoms. The van der Waals surface area contributed by atoms with Crippen LogP contribution >= 0.6 is 0 Å². The molecule has 0 aromatic heterocycles. The monoisotopic (exact) mass is 189 g/mol. The van der Waals surface area contributed by atoms with E-state index in [9.17, 15) is 0 Å². The Bertz CT molecular complexity index is 109. The summed E-state index contributed by atoms with van der Waals surface area (Å²) >= 11 is 0. The molecule has 3 heteroatoms. The molecule has 0 fully saturated rings. The molecule has 0 aliphatic heterocycles. The highest BCUT2D eigenvalue weighted by Crippen LogP contribution is 2.02. The predicted molar refractivity (Wildman–Crippen MR) is 54.7 cm³/mol. The standard InChI is InChI=1S/C10H23NO2/c1-3-4-5-6-9(2)11-7-10(13)8-12/h9-13H,3-8H2,1-2H3. The quantitative estimate of drug-likeness (QED) is 0.497. The molecule has 0 spiro atoms. The molecule has 0 saturated carbocycles. The fourth-order valence-electron chi connectivity index (χ4n) is 1.20. The SMILES string of the molecule is CCCCCC(C)NCC(O)CO. The number of rotatable bonds is 8. The van der Waals surface area contributed by atoms with Gasteiger partial charge in [-0.05, 0) is 13.3 Å². The zero-order chi connectivity index (χ0) is 10.1. The van der Waals surface area contributed by atoms with Gasteiger partial charge in [-0.2, -0.15) is 0 Å². The van der Waals surface area contributed by atoms with Gasteiger partial charge in [0, 0.05) is 12.6 Å². The van der Waals surface area contributed by atoms with E-state index in [-0.39, 0.29) is 6.61 Å². The van der Waals surface area contributed by atoms with E-state index in [0.717, 1.165) is 6.42 Å². The third-order valence-corrected chi connectivity index (χ3v) is 2.15. The Morgan fingerprint density at radius 1 is 1.31 bits per heavy atom. The van der Waals surface area contributed by atoms with E-state index < -0.39 is 6.10 Å². The van der Waals surface area contributed by atoms with Gasteiger partial charge in [0.25, 0.3) is 0 Å². The second kappa shape index (κ2) is 8.48. The van der Waals surface area contributed by atoms with Crippen molar-refractivity contribution in [3.05, 3.63) is 0 Å². The van der Waals surface area contributed by atoms with Crippen molar-refractivity contribution in [2.75, 3.05) is 13.2 Å². The molecule has 0 heterocycles. The van der Waals surface area contributed by atoms with Crippen LogP contribution in [0.15, 0.2) is 0 Å². The molecule has 3 nitrogen and oxygen atoms in total. The highest BCUT2D eigenvalue weighted by Gasteiger charge is 2.04. The van der Waals surface area contributed by atoms with E-state index in [1.165, 1.54) is 19.3 Å². The normalized spacial score (nSPS) is 15.7. The Labute approximate surface area is 81.2 Å². The topological polar surface area (TPSA) is 52.5 Å². The maximum absolute atomic E-state index is 9.07. The maximum Gasteiger partial charge on any atom is 0.0895 e. The Hall–Kier alpha value is -0.120. The van der Waals surface area contributed by atoms with Crippen LogP contribution in [0.4, 0.5) is 0 Å². The average Bonchev–Trinajstić information content (AvgIpc) is 2.14. The molecule has 2 unspecified atom stereocenters. The van der Waals surface area contributed by atoms with Gasteiger partial charge in [-0.15, -0.1) is 0 Å². The Morgan fingerprint density at radius 3 is 2.54 bits per heavy atom. The minimum absolute atomic E-state index is 0.158. The third-order valence-electron chi connectivity index (χ3n) is 2.15. The number of aliphatic hydroxyl groups excluding tert-OH is 2. The van der Waals surface area contributed by atoms with Gasteiger partial charge >= 0.3 is 0 Å². The van der Waals surface area contributed by atoms with Gasteiger partial charge in [0.05, 0.1) is 12.7 Å². The van der Waals surface area contributed by atoms with Gasteiger partial charge in [0.2, 0.25) is 0 Å². The van der Waals surface area contributed by atoms with E-state index >= 15 is 0 Å². The lowest BCUT2D eigenvalue weighted by Gasteiger charge is -2.15. The summed E-state index contributed by atoms with van der Waals surface area (Å²) < 4.78 is 0. The molecule has 3 N–H and O–H groups in total. The summed E-state index contributed by atoms with van der Waals surface area (Å²) in [5.74, 6) is 0. The van der Waals surface area contributed by atoms with E-state index in [2.05, 4.69) is 19.2 Å². The number of hydrogen-bond donors (Lipinski definition) is 3. The van der Waals surface area contributed by atoms with Crippen LogP contribution in [0, 0.1) is 0 Å². The average molecular weight is 189 g/mol. The fourth-order valence-corrected chi connectivity index (χ4v) is 1.20. The van der Waals surface area contributed by atoms with Crippen LogP contribution in [-0.4, -0.2) is 35.5 Å². The van der Waals surface area contributed by atoms with Crippen LogP contribution in [0.5, 0.6) is 0 Å². The summed E-state index contributed by atoms with van der Waals surface area (Å²) in [4.78, 5) is 0. The number of hydrogen-bond acceptors (Lipinski definition) is 3. The van der Waals surface area contributed by atoms with Gasteiger partial charge in [0.15, 0.2) is 0 Å². The maximum atomic E-state index is 9.07. The summed E-state index contributed by atoms with van der Waals surface area (Å²) in [6.07, 6.45) is 4.28. The number of aliphatic hydroxyl groups is 2. The summed E-state index contributed by atoms with van der Waals surface area (Å²) in [6.45, 7) is 4.63. The van der Waals surface area contributed by atoms with Crippen molar-refractivity contribution in [2.45, 2.75) is 51.7 Å². The molecule has 0 aromatic rings. The van der Waals surface area contributed by atoms with Crippen LogP contribution in [0.1, 0.15) is 39.5 Å². The minimum Gasteiger partial charge on any atom is -0.394 e. The molecule has 0 saturated heterocycles. The molecular formula is C10H23NO2. The van der Waals surface area contributed by atoms with Crippen LogP contribution < -0.4 is 5.32 Å². The van der Waals surface area contributed by atoms with Crippen molar-refractivity contribution < 1.29 is 10.2 Å². The Morgan fingerprint density at radius 2 is 2.00 bits per heavy atom. The molecular weight excluding hydrogens is 166 g/mol. The third kappa shape index (κ3) is 8.22. The first-order valence-electron chi connectivity index (χ1n) is 5.23. The highest BCUT2D eigenvalue weighted by molar-refractivity contribution is 4.64. The predicted octanol–water partition coefficient (Wildman–Crippen LogP) is 0.898. The van der Waals surface area contributed by atoms with Crippen LogP contribution in [0.3, 0.4) is 0 Å². The first kappa shape index (κ1) is 12.9. The van der Waals surface area contributed by atoms with Gasteiger partial charge in [0.1, 0.15) is 0 Å². The summed E-state index contributed by atoms with van der Waals surface area (Å²) in [5, 5.41) is 20.8. The highest BCUT2D eigenvalue weighted by atomic mass is 16.3. The first-order chi connectivity index (χ1) is 6.20. The van der Waals surface area contributed by atoms with Gasteiger partial charge in [-0.25, -0.2) is 0 Å². The van der Waals surface area contributed by atoms with Crippen LogP contribution in [0.25, 0.3) is 0 Å². The van der Waals surface area contributed by atoms with Crippen molar-refractivity contribution >= 4 is 0 Å².